The number of carbonyl (C=O) groups is 2. The van der Waals surface area contributed by atoms with Crippen LogP contribution in [0.15, 0.2) is 12.4 Å². The van der Waals surface area contributed by atoms with E-state index >= 15 is 0 Å². The highest BCUT2D eigenvalue weighted by Crippen LogP contribution is 2.24. The molecular formula is C14H24N4O3. The Bertz CT molecular complexity index is 465. The van der Waals surface area contributed by atoms with Gasteiger partial charge in [-0.05, 0) is 11.8 Å². The lowest BCUT2D eigenvalue weighted by atomic mass is 9.84. The number of carboxylic acids is 1. The lowest BCUT2D eigenvalue weighted by molar-refractivity contribution is -0.142. The molecule has 21 heavy (non-hydrogen) atoms. The maximum Gasteiger partial charge on any atom is 0.317 e. The second-order valence-corrected chi connectivity index (χ2v) is 6.45. The SMILES string of the molecule is CN(Cc1cn[nH]c1)C(=O)NCC(CC(C)(C)C)C(=O)O. The van der Waals surface area contributed by atoms with Gasteiger partial charge < -0.3 is 15.3 Å². The van der Waals surface area contributed by atoms with Gasteiger partial charge in [-0.1, -0.05) is 20.8 Å². The van der Waals surface area contributed by atoms with Gasteiger partial charge in [-0.2, -0.15) is 5.10 Å². The van der Waals surface area contributed by atoms with Gasteiger partial charge in [0.2, 0.25) is 0 Å². The number of hydrogen-bond donors (Lipinski definition) is 3. The molecule has 1 heterocycles. The van der Waals surface area contributed by atoms with Gasteiger partial charge in [0.15, 0.2) is 0 Å². The lowest BCUT2D eigenvalue weighted by Gasteiger charge is -2.24. The normalized spacial score (nSPS) is 12.8. The van der Waals surface area contributed by atoms with Crippen molar-refractivity contribution in [2.24, 2.45) is 11.3 Å². The van der Waals surface area contributed by atoms with Crippen molar-refractivity contribution in [2.45, 2.75) is 33.7 Å². The number of nitrogens with zero attached hydrogens (tertiary/aromatic N) is 2. The van der Waals surface area contributed by atoms with E-state index in [0.717, 1.165) is 5.56 Å². The van der Waals surface area contributed by atoms with Crippen LogP contribution in [0.5, 0.6) is 0 Å². The summed E-state index contributed by atoms with van der Waals surface area (Å²) in [5.41, 5.74) is 0.786. The maximum absolute atomic E-state index is 12.0. The summed E-state index contributed by atoms with van der Waals surface area (Å²) in [6.07, 6.45) is 3.86. The number of nitrogens with one attached hydrogen (secondary N) is 2. The Morgan fingerprint density at radius 3 is 2.62 bits per heavy atom. The van der Waals surface area contributed by atoms with Crippen LogP contribution in [-0.4, -0.2) is 45.8 Å². The van der Waals surface area contributed by atoms with E-state index in [2.05, 4.69) is 15.5 Å². The average Bonchev–Trinajstić information content (AvgIpc) is 2.85. The van der Waals surface area contributed by atoms with Crippen molar-refractivity contribution in [2.75, 3.05) is 13.6 Å². The molecule has 2 amide bonds. The quantitative estimate of drug-likeness (QED) is 0.744. The third-order valence-electron chi connectivity index (χ3n) is 3.03. The van der Waals surface area contributed by atoms with Gasteiger partial charge in [-0.15, -0.1) is 0 Å². The van der Waals surface area contributed by atoms with Crippen LogP contribution >= 0.6 is 0 Å². The molecule has 7 heteroatoms. The van der Waals surface area contributed by atoms with Gasteiger partial charge in [0.25, 0.3) is 0 Å². The molecule has 3 N–H and O–H groups in total. The van der Waals surface area contributed by atoms with Gasteiger partial charge in [0.1, 0.15) is 0 Å². The highest BCUT2D eigenvalue weighted by molar-refractivity contribution is 5.75. The molecule has 0 bridgehead atoms. The van der Waals surface area contributed by atoms with Crippen LogP contribution in [0.1, 0.15) is 32.8 Å². The minimum atomic E-state index is -0.886. The van der Waals surface area contributed by atoms with Crippen molar-refractivity contribution in [3.8, 4) is 0 Å². The number of carboxylic acid groups (broad SMARTS) is 1. The third-order valence-corrected chi connectivity index (χ3v) is 3.03. The van der Waals surface area contributed by atoms with Crippen LogP contribution in [0.4, 0.5) is 4.79 Å². The maximum atomic E-state index is 12.0. The Kier molecular flexibility index (Phi) is 5.75. The van der Waals surface area contributed by atoms with Crippen LogP contribution in [0, 0.1) is 11.3 Å². The van der Waals surface area contributed by atoms with Gasteiger partial charge in [0, 0.05) is 25.4 Å². The van der Waals surface area contributed by atoms with Crippen LogP contribution in [0.3, 0.4) is 0 Å². The number of urea groups is 1. The van der Waals surface area contributed by atoms with Crippen molar-refractivity contribution in [1.29, 1.82) is 0 Å². The van der Waals surface area contributed by atoms with Crippen molar-refractivity contribution < 1.29 is 14.7 Å². The average molecular weight is 296 g/mol. The van der Waals surface area contributed by atoms with Crippen molar-refractivity contribution in [1.82, 2.24) is 20.4 Å². The zero-order valence-corrected chi connectivity index (χ0v) is 13.0. The smallest absolute Gasteiger partial charge is 0.317 e. The molecule has 1 unspecified atom stereocenters. The summed E-state index contributed by atoms with van der Waals surface area (Å²) in [5.74, 6) is -1.47. The molecular weight excluding hydrogens is 272 g/mol. The number of carbonyl (C=O) groups excluding carboxylic acids is 1. The van der Waals surface area contributed by atoms with Gasteiger partial charge >= 0.3 is 12.0 Å². The van der Waals surface area contributed by atoms with Crippen LogP contribution < -0.4 is 5.32 Å². The Morgan fingerprint density at radius 1 is 1.48 bits per heavy atom. The topological polar surface area (TPSA) is 98.3 Å². The van der Waals surface area contributed by atoms with E-state index in [1.54, 1.807) is 19.4 Å². The predicted octanol–water partition coefficient (Wildman–Crippen LogP) is 1.69. The number of aliphatic carboxylic acids is 1. The fraction of sp³-hybridized carbons (Fsp3) is 0.643. The van der Waals surface area contributed by atoms with E-state index in [9.17, 15) is 14.7 Å². The highest BCUT2D eigenvalue weighted by Gasteiger charge is 2.25. The summed E-state index contributed by atoms with van der Waals surface area (Å²) in [6, 6.07) is -0.295. The van der Waals surface area contributed by atoms with E-state index < -0.39 is 11.9 Å². The third kappa shape index (κ3) is 6.29. The Morgan fingerprint density at radius 2 is 2.14 bits per heavy atom. The van der Waals surface area contributed by atoms with Crippen molar-refractivity contribution >= 4 is 12.0 Å². The highest BCUT2D eigenvalue weighted by atomic mass is 16.4. The van der Waals surface area contributed by atoms with Gasteiger partial charge in [0.05, 0.1) is 18.7 Å². The Balaban J connectivity index is 2.47. The van der Waals surface area contributed by atoms with E-state index in [4.69, 9.17) is 0 Å². The van der Waals surface area contributed by atoms with Gasteiger partial charge in [-0.3, -0.25) is 9.89 Å². The van der Waals surface area contributed by atoms with Crippen LogP contribution in [0.25, 0.3) is 0 Å². The monoisotopic (exact) mass is 296 g/mol. The summed E-state index contributed by atoms with van der Waals surface area (Å²) >= 11 is 0. The summed E-state index contributed by atoms with van der Waals surface area (Å²) in [7, 11) is 1.65. The number of H-pyrrole nitrogens is 1. The van der Waals surface area contributed by atoms with Crippen LogP contribution in [0.2, 0.25) is 0 Å². The lowest BCUT2D eigenvalue weighted by Crippen LogP contribution is -2.41. The fourth-order valence-corrected chi connectivity index (χ4v) is 2.04. The molecule has 1 aromatic heterocycles. The number of rotatable bonds is 6. The zero-order valence-electron chi connectivity index (χ0n) is 13.0. The van der Waals surface area contributed by atoms with E-state index in [1.165, 1.54) is 4.90 Å². The first-order chi connectivity index (χ1) is 9.69. The minimum Gasteiger partial charge on any atom is -0.481 e. The molecule has 1 atom stereocenters. The minimum absolute atomic E-state index is 0.101. The summed E-state index contributed by atoms with van der Waals surface area (Å²) < 4.78 is 0. The second-order valence-electron chi connectivity index (χ2n) is 6.45. The molecule has 1 aromatic rings. The number of aromatic nitrogens is 2. The Hall–Kier alpha value is -2.05. The first-order valence-corrected chi connectivity index (χ1v) is 6.88. The molecule has 0 spiro atoms. The summed E-state index contributed by atoms with van der Waals surface area (Å²) in [4.78, 5) is 24.7. The predicted molar refractivity (Wildman–Crippen MR) is 78.7 cm³/mol. The molecule has 0 fully saturated rings. The molecule has 0 saturated heterocycles. The first kappa shape index (κ1) is 17.0. The second kappa shape index (κ2) is 7.10. The summed E-state index contributed by atoms with van der Waals surface area (Å²) in [6.45, 7) is 6.49. The van der Waals surface area contributed by atoms with Crippen LogP contribution in [-0.2, 0) is 11.3 Å². The van der Waals surface area contributed by atoms with E-state index in [1.807, 2.05) is 20.8 Å². The van der Waals surface area contributed by atoms with Gasteiger partial charge in [-0.25, -0.2) is 4.79 Å². The van der Waals surface area contributed by atoms with Crippen molar-refractivity contribution in [3.63, 3.8) is 0 Å². The van der Waals surface area contributed by atoms with E-state index in [0.29, 0.717) is 13.0 Å². The fourth-order valence-electron chi connectivity index (χ4n) is 2.04. The molecule has 118 valence electrons. The number of aromatic amines is 1. The zero-order chi connectivity index (χ0) is 16.0. The number of amides is 2. The molecule has 0 aliphatic rings. The molecule has 0 aliphatic heterocycles. The summed E-state index contributed by atoms with van der Waals surface area (Å²) in [5, 5.41) is 18.4. The molecule has 7 nitrogen and oxygen atoms in total. The molecule has 0 aliphatic carbocycles. The molecule has 0 saturated carbocycles. The molecule has 0 radical (unpaired) electrons. The largest absolute Gasteiger partial charge is 0.481 e. The van der Waals surface area contributed by atoms with E-state index in [-0.39, 0.29) is 18.0 Å². The first-order valence-electron chi connectivity index (χ1n) is 6.88. The number of hydrogen-bond acceptors (Lipinski definition) is 3. The Labute approximate surface area is 124 Å². The molecule has 1 rings (SSSR count). The molecule has 0 aromatic carbocycles. The standard InChI is InChI=1S/C14H24N4O3/c1-14(2,3)5-11(12(19)20)8-15-13(21)18(4)9-10-6-16-17-7-10/h6-7,11H,5,8-9H2,1-4H3,(H,15,21)(H,16,17)(H,19,20). The van der Waals surface area contributed by atoms with Crippen molar-refractivity contribution in [3.05, 3.63) is 18.0 Å².